The van der Waals surface area contributed by atoms with Crippen LogP contribution >= 0.6 is 24.0 Å². The quantitative estimate of drug-likeness (QED) is 0.454. The van der Waals surface area contributed by atoms with Gasteiger partial charge in [-0.05, 0) is 35.9 Å². The SMILES string of the molecule is CCC(=O)Nc1cccc(N2C(=O)/C(=C/c3cccc(F)c3)SC2=S)c1O. The molecule has 3 rings (SSSR count). The van der Waals surface area contributed by atoms with Crippen LogP contribution in [0, 0.1) is 5.82 Å². The summed E-state index contributed by atoms with van der Waals surface area (Å²) in [5.74, 6) is -1.35. The molecule has 5 nitrogen and oxygen atoms in total. The Morgan fingerprint density at radius 1 is 1.33 bits per heavy atom. The van der Waals surface area contributed by atoms with E-state index in [1.807, 2.05) is 0 Å². The number of nitrogens with one attached hydrogen (secondary N) is 1. The van der Waals surface area contributed by atoms with E-state index >= 15 is 0 Å². The minimum Gasteiger partial charge on any atom is -0.504 e. The second kappa shape index (κ2) is 7.89. The van der Waals surface area contributed by atoms with Gasteiger partial charge in [0, 0.05) is 6.42 Å². The Morgan fingerprint density at radius 3 is 2.78 bits per heavy atom. The van der Waals surface area contributed by atoms with E-state index in [9.17, 15) is 19.1 Å². The second-order valence-electron chi connectivity index (χ2n) is 5.65. The molecule has 2 aromatic rings. The smallest absolute Gasteiger partial charge is 0.270 e. The third-order valence-electron chi connectivity index (χ3n) is 3.79. The molecular weight excluding hydrogens is 387 g/mol. The fourth-order valence-corrected chi connectivity index (χ4v) is 3.76. The first-order valence-electron chi connectivity index (χ1n) is 8.06. The molecule has 0 bridgehead atoms. The summed E-state index contributed by atoms with van der Waals surface area (Å²) in [7, 11) is 0. The molecule has 0 spiro atoms. The predicted molar refractivity (Wildman–Crippen MR) is 109 cm³/mol. The van der Waals surface area contributed by atoms with Gasteiger partial charge in [-0.15, -0.1) is 0 Å². The number of phenols is 1. The van der Waals surface area contributed by atoms with Crippen molar-refractivity contribution in [1.82, 2.24) is 0 Å². The van der Waals surface area contributed by atoms with Crippen molar-refractivity contribution >= 4 is 57.6 Å². The summed E-state index contributed by atoms with van der Waals surface area (Å²) in [6.07, 6.45) is 1.79. The number of benzene rings is 2. The number of hydrogen-bond acceptors (Lipinski definition) is 5. The standard InChI is InChI=1S/C19H15FN2O3S2/c1-2-16(23)21-13-7-4-8-14(17(13)24)22-18(25)15(27-19(22)26)10-11-5-3-6-12(20)9-11/h3-10,24H,2H2,1H3,(H,21,23)/b15-10-. The van der Waals surface area contributed by atoms with Crippen LogP contribution in [0.2, 0.25) is 0 Å². The van der Waals surface area contributed by atoms with E-state index in [4.69, 9.17) is 12.2 Å². The first-order chi connectivity index (χ1) is 12.9. The van der Waals surface area contributed by atoms with Gasteiger partial charge < -0.3 is 10.4 Å². The highest BCUT2D eigenvalue weighted by Gasteiger charge is 2.35. The molecule has 1 saturated heterocycles. The number of amides is 2. The number of thioether (sulfide) groups is 1. The Morgan fingerprint density at radius 2 is 2.07 bits per heavy atom. The minimum atomic E-state index is -0.427. The number of para-hydroxylation sites is 1. The zero-order valence-electron chi connectivity index (χ0n) is 14.2. The zero-order chi connectivity index (χ0) is 19.6. The summed E-state index contributed by atoms with van der Waals surface area (Å²) < 4.78 is 13.6. The lowest BCUT2D eigenvalue weighted by Gasteiger charge is -2.18. The van der Waals surface area contributed by atoms with E-state index in [2.05, 4.69) is 5.32 Å². The van der Waals surface area contributed by atoms with Crippen molar-refractivity contribution < 1.29 is 19.1 Å². The van der Waals surface area contributed by atoms with E-state index in [1.54, 1.807) is 31.2 Å². The van der Waals surface area contributed by atoms with Gasteiger partial charge in [0.15, 0.2) is 10.1 Å². The van der Waals surface area contributed by atoms with Crippen LogP contribution in [0.4, 0.5) is 15.8 Å². The number of rotatable bonds is 4. The van der Waals surface area contributed by atoms with E-state index < -0.39 is 11.7 Å². The largest absolute Gasteiger partial charge is 0.504 e. The molecular formula is C19H15FN2O3S2. The van der Waals surface area contributed by atoms with Crippen molar-refractivity contribution in [3.05, 3.63) is 58.8 Å². The Balaban J connectivity index is 1.94. The number of anilines is 2. The predicted octanol–water partition coefficient (Wildman–Crippen LogP) is 4.29. The highest BCUT2D eigenvalue weighted by molar-refractivity contribution is 8.27. The fraction of sp³-hybridized carbons (Fsp3) is 0.105. The monoisotopic (exact) mass is 402 g/mol. The van der Waals surface area contributed by atoms with Gasteiger partial charge in [-0.1, -0.05) is 49.1 Å². The molecule has 2 aromatic carbocycles. The lowest BCUT2D eigenvalue weighted by atomic mass is 10.2. The van der Waals surface area contributed by atoms with Crippen molar-refractivity contribution in [3.63, 3.8) is 0 Å². The number of nitrogens with zero attached hydrogens (tertiary/aromatic N) is 1. The minimum absolute atomic E-state index is 0.175. The first-order valence-corrected chi connectivity index (χ1v) is 9.28. The van der Waals surface area contributed by atoms with Gasteiger partial charge in [0.1, 0.15) is 5.82 Å². The lowest BCUT2D eigenvalue weighted by Crippen LogP contribution is -2.27. The molecule has 0 atom stereocenters. The molecule has 1 aliphatic rings. The Kier molecular flexibility index (Phi) is 5.57. The van der Waals surface area contributed by atoms with Crippen LogP contribution in [0.1, 0.15) is 18.9 Å². The van der Waals surface area contributed by atoms with E-state index in [1.165, 1.54) is 29.2 Å². The third-order valence-corrected chi connectivity index (χ3v) is 5.09. The van der Waals surface area contributed by atoms with Crippen LogP contribution in [0.5, 0.6) is 5.75 Å². The van der Waals surface area contributed by atoms with Crippen LogP contribution < -0.4 is 10.2 Å². The highest BCUT2D eigenvalue weighted by atomic mass is 32.2. The van der Waals surface area contributed by atoms with Gasteiger partial charge in [-0.3, -0.25) is 14.5 Å². The van der Waals surface area contributed by atoms with E-state index in [0.29, 0.717) is 10.5 Å². The number of hydrogen-bond donors (Lipinski definition) is 2. The summed E-state index contributed by atoms with van der Waals surface area (Å²) in [6, 6.07) is 10.5. The summed E-state index contributed by atoms with van der Waals surface area (Å²) in [4.78, 5) is 25.9. The third kappa shape index (κ3) is 4.01. The van der Waals surface area contributed by atoms with Gasteiger partial charge >= 0.3 is 0 Å². The van der Waals surface area contributed by atoms with Crippen molar-refractivity contribution in [3.8, 4) is 5.75 Å². The number of aromatic hydroxyl groups is 1. The number of phenolic OH excluding ortho intramolecular Hbond substituents is 1. The zero-order valence-corrected chi connectivity index (χ0v) is 15.9. The maximum absolute atomic E-state index is 13.4. The van der Waals surface area contributed by atoms with Gasteiger partial charge in [0.2, 0.25) is 5.91 Å². The van der Waals surface area contributed by atoms with Crippen molar-refractivity contribution in [1.29, 1.82) is 0 Å². The van der Waals surface area contributed by atoms with Crippen LogP contribution in [0.15, 0.2) is 47.4 Å². The number of halogens is 1. The summed E-state index contributed by atoms with van der Waals surface area (Å²) >= 11 is 6.35. The molecule has 0 aliphatic carbocycles. The van der Waals surface area contributed by atoms with Crippen LogP contribution in [0.25, 0.3) is 6.08 Å². The second-order valence-corrected chi connectivity index (χ2v) is 7.32. The molecule has 0 aromatic heterocycles. The van der Waals surface area contributed by atoms with Gasteiger partial charge in [0.25, 0.3) is 5.91 Å². The topological polar surface area (TPSA) is 69.6 Å². The Bertz CT molecular complexity index is 975. The first kappa shape index (κ1) is 19.1. The van der Waals surface area contributed by atoms with Crippen LogP contribution in [-0.2, 0) is 9.59 Å². The van der Waals surface area contributed by atoms with Crippen molar-refractivity contribution in [2.75, 3.05) is 10.2 Å². The molecule has 0 radical (unpaired) electrons. The Hall–Kier alpha value is -2.71. The molecule has 0 unspecified atom stereocenters. The van der Waals surface area contributed by atoms with E-state index in [0.717, 1.165) is 11.8 Å². The normalized spacial score (nSPS) is 15.5. The molecule has 0 saturated carbocycles. The van der Waals surface area contributed by atoms with E-state index in [-0.39, 0.29) is 33.8 Å². The number of carbonyl (C=O) groups excluding carboxylic acids is 2. The Labute approximate surface area is 164 Å². The van der Waals surface area contributed by atoms with Crippen LogP contribution in [-0.4, -0.2) is 21.2 Å². The molecule has 8 heteroatoms. The van der Waals surface area contributed by atoms with Crippen LogP contribution in [0.3, 0.4) is 0 Å². The molecule has 27 heavy (non-hydrogen) atoms. The fourth-order valence-electron chi connectivity index (χ4n) is 2.47. The number of carbonyl (C=O) groups is 2. The van der Waals surface area contributed by atoms with Crippen molar-refractivity contribution in [2.24, 2.45) is 0 Å². The van der Waals surface area contributed by atoms with Gasteiger partial charge in [-0.25, -0.2) is 4.39 Å². The molecule has 1 aliphatic heterocycles. The summed E-state index contributed by atoms with van der Waals surface area (Å²) in [5, 5.41) is 13.1. The number of thiocarbonyl (C=S) groups is 1. The maximum atomic E-state index is 13.4. The van der Waals surface area contributed by atoms with Gasteiger partial charge in [-0.2, -0.15) is 0 Å². The molecule has 2 amide bonds. The lowest BCUT2D eigenvalue weighted by molar-refractivity contribution is -0.116. The molecule has 138 valence electrons. The molecule has 1 heterocycles. The van der Waals surface area contributed by atoms with Gasteiger partial charge in [0.05, 0.1) is 16.3 Å². The van der Waals surface area contributed by atoms with Crippen molar-refractivity contribution in [2.45, 2.75) is 13.3 Å². The average molecular weight is 402 g/mol. The highest BCUT2D eigenvalue weighted by Crippen LogP contribution is 2.42. The molecule has 1 fully saturated rings. The molecule has 2 N–H and O–H groups in total. The summed E-state index contributed by atoms with van der Waals surface area (Å²) in [6.45, 7) is 1.69. The maximum Gasteiger partial charge on any atom is 0.270 e. The summed E-state index contributed by atoms with van der Waals surface area (Å²) in [5.41, 5.74) is 0.903. The average Bonchev–Trinajstić information content (AvgIpc) is 2.90.